The van der Waals surface area contributed by atoms with Crippen LogP contribution >= 0.6 is 0 Å². The van der Waals surface area contributed by atoms with Crippen molar-refractivity contribution in [3.8, 4) is 0 Å². The molecule has 0 unspecified atom stereocenters. The van der Waals surface area contributed by atoms with Gasteiger partial charge >= 0.3 is 59.1 Å². The molecule has 250 valence electrons. The fourth-order valence-corrected chi connectivity index (χ4v) is 6.23. The van der Waals surface area contributed by atoms with Crippen LogP contribution in [0, 0.1) is 0 Å². The van der Waals surface area contributed by atoms with Gasteiger partial charge in [0.1, 0.15) is 0 Å². The second kappa shape index (κ2) is 43.9. The molecule has 2 amide bonds. The molecular formula is C38H74N2Na2O2. The molecule has 4 nitrogen and oxygen atoms in total. The number of carbonyl (C=O) groups excluding carboxylic acids is 2. The van der Waals surface area contributed by atoms with E-state index in [2.05, 4.69) is 0 Å². The van der Waals surface area contributed by atoms with E-state index in [-0.39, 0.29) is 59.1 Å². The number of unbranched alkanes of at least 4 members (excludes halogenated alkanes) is 33. The summed E-state index contributed by atoms with van der Waals surface area (Å²) in [7, 11) is 0. The Morgan fingerprint density at radius 2 is 0.318 bits per heavy atom. The monoisotopic (exact) mass is 637 g/mol. The third kappa shape index (κ3) is 47.3. The predicted molar refractivity (Wildman–Crippen MR) is 185 cm³/mol. The van der Waals surface area contributed by atoms with E-state index in [1.807, 2.05) is 0 Å². The maximum absolute atomic E-state index is 10.6. The van der Waals surface area contributed by atoms with Crippen molar-refractivity contribution >= 4 is 11.8 Å². The number of carbonyl (C=O) groups is 2. The molecule has 0 aromatic rings. The van der Waals surface area contributed by atoms with Crippen LogP contribution in [0.2, 0.25) is 0 Å². The molecule has 44 heavy (non-hydrogen) atoms. The van der Waals surface area contributed by atoms with E-state index in [9.17, 15) is 9.59 Å². The first-order chi connectivity index (χ1) is 20.6. The van der Waals surface area contributed by atoms with Crippen molar-refractivity contribution in [2.24, 2.45) is 0 Å². The van der Waals surface area contributed by atoms with Gasteiger partial charge in [-0.05, 0) is 25.7 Å². The van der Waals surface area contributed by atoms with E-state index in [1.165, 1.54) is 193 Å². The van der Waals surface area contributed by atoms with E-state index in [0.717, 1.165) is 25.7 Å². The van der Waals surface area contributed by atoms with Crippen molar-refractivity contribution in [3.63, 3.8) is 0 Å². The van der Waals surface area contributed by atoms with Gasteiger partial charge in [0.05, 0.1) is 0 Å². The molecule has 0 aliphatic heterocycles. The summed E-state index contributed by atoms with van der Waals surface area (Å²) < 4.78 is 0. The zero-order valence-electron chi connectivity index (χ0n) is 30.3. The van der Waals surface area contributed by atoms with Crippen LogP contribution in [0.3, 0.4) is 0 Å². The van der Waals surface area contributed by atoms with E-state index in [4.69, 9.17) is 11.5 Å². The Kier molecular flexibility index (Phi) is 49.3. The summed E-state index contributed by atoms with van der Waals surface area (Å²) in [5, 5.41) is 0. The molecule has 0 bridgehead atoms. The average Bonchev–Trinajstić information content (AvgIpc) is 2.96. The SMILES string of the molecule is [NH-]C(=O)CCCCCCCCCCCCCCCCCCCCCCCCCCCCCCCCCCCCC([NH-])=O.[Na+].[Na+]. The van der Waals surface area contributed by atoms with Crippen LogP contribution in [-0.4, -0.2) is 11.8 Å². The molecule has 0 aliphatic carbocycles. The number of hydrogen-bond donors (Lipinski definition) is 0. The van der Waals surface area contributed by atoms with Gasteiger partial charge in [0.15, 0.2) is 0 Å². The largest absolute Gasteiger partial charge is 1.00 e. The first kappa shape index (κ1) is 49.3. The zero-order valence-corrected chi connectivity index (χ0v) is 34.3. The molecule has 0 spiro atoms. The first-order valence-electron chi connectivity index (χ1n) is 19.1. The minimum absolute atomic E-state index is 0. The van der Waals surface area contributed by atoms with Crippen LogP contribution in [0.5, 0.6) is 0 Å². The summed E-state index contributed by atoms with van der Waals surface area (Å²) in [6.45, 7) is 0. The molecule has 0 aromatic carbocycles. The summed E-state index contributed by atoms with van der Waals surface area (Å²) in [5.74, 6) is -0.805. The predicted octanol–water partition coefficient (Wildman–Crippen LogP) is 8.20. The normalized spacial score (nSPS) is 10.8. The minimum Gasteiger partial charge on any atom is -0.668 e. The van der Waals surface area contributed by atoms with Gasteiger partial charge in [-0.25, -0.2) is 0 Å². The molecule has 0 aromatic heterocycles. The van der Waals surface area contributed by atoms with Crippen LogP contribution in [0.4, 0.5) is 0 Å². The summed E-state index contributed by atoms with van der Waals surface area (Å²) in [5.41, 5.74) is 13.8. The van der Waals surface area contributed by atoms with Crippen LogP contribution in [-0.2, 0) is 9.59 Å². The molecule has 0 atom stereocenters. The standard InChI is InChI=1S/C38H76N2O2.2Na/c39-37(41)35-33-31-29-27-25-23-21-19-17-15-13-11-9-7-5-3-1-2-4-6-8-10-12-14-16-18-20-22-24-26-28-30-32-34-36-38(40)42;;/h1-36H2,(H4,39,40,41,42);;/q;2*+1/p-2. The van der Waals surface area contributed by atoms with Gasteiger partial charge in [0.2, 0.25) is 0 Å². The molecule has 2 N–H and O–H groups in total. The van der Waals surface area contributed by atoms with Crippen molar-refractivity contribution in [3.05, 3.63) is 11.5 Å². The summed E-state index contributed by atoms with van der Waals surface area (Å²) in [6, 6.07) is 0. The van der Waals surface area contributed by atoms with Crippen LogP contribution in [0.25, 0.3) is 11.5 Å². The first-order valence-corrected chi connectivity index (χ1v) is 19.1. The van der Waals surface area contributed by atoms with E-state index in [1.54, 1.807) is 0 Å². The Hall–Kier alpha value is 0.940. The van der Waals surface area contributed by atoms with Crippen molar-refractivity contribution in [1.82, 2.24) is 0 Å². The Morgan fingerprint density at radius 3 is 0.409 bits per heavy atom. The molecule has 0 saturated heterocycles. The van der Waals surface area contributed by atoms with E-state index < -0.39 is 11.8 Å². The van der Waals surface area contributed by atoms with Crippen molar-refractivity contribution in [2.45, 2.75) is 231 Å². The van der Waals surface area contributed by atoms with Crippen molar-refractivity contribution in [2.75, 3.05) is 0 Å². The summed E-state index contributed by atoms with van der Waals surface area (Å²) >= 11 is 0. The molecule has 0 heterocycles. The summed E-state index contributed by atoms with van der Waals surface area (Å²) in [6.07, 6.45) is 47.2. The smallest absolute Gasteiger partial charge is 0.668 e. The molecular weight excluding hydrogens is 562 g/mol. The second-order valence-electron chi connectivity index (χ2n) is 13.4. The molecule has 6 heteroatoms. The van der Waals surface area contributed by atoms with Gasteiger partial charge in [-0.3, -0.25) is 0 Å². The van der Waals surface area contributed by atoms with Gasteiger partial charge in [0, 0.05) is 11.8 Å². The van der Waals surface area contributed by atoms with Gasteiger partial charge in [-0.1, -0.05) is 205 Å². The number of hydrogen-bond acceptors (Lipinski definition) is 2. The zero-order chi connectivity index (χ0) is 30.6. The van der Waals surface area contributed by atoms with Gasteiger partial charge < -0.3 is 21.1 Å². The number of nitrogens with one attached hydrogen (secondary N) is 2. The van der Waals surface area contributed by atoms with Crippen LogP contribution in [0.1, 0.15) is 231 Å². The average molecular weight is 637 g/mol. The second-order valence-corrected chi connectivity index (χ2v) is 13.4. The fraction of sp³-hybridized carbons (Fsp3) is 0.947. The summed E-state index contributed by atoms with van der Waals surface area (Å²) in [4.78, 5) is 21.2. The Morgan fingerprint density at radius 1 is 0.227 bits per heavy atom. The van der Waals surface area contributed by atoms with Crippen molar-refractivity contribution < 1.29 is 68.7 Å². The fourth-order valence-electron chi connectivity index (χ4n) is 6.23. The van der Waals surface area contributed by atoms with Crippen LogP contribution < -0.4 is 59.1 Å². The molecule has 0 aliphatic rings. The van der Waals surface area contributed by atoms with E-state index >= 15 is 0 Å². The van der Waals surface area contributed by atoms with E-state index in [0.29, 0.717) is 12.8 Å². The van der Waals surface area contributed by atoms with Gasteiger partial charge in [0.25, 0.3) is 0 Å². The molecule has 0 radical (unpaired) electrons. The van der Waals surface area contributed by atoms with Crippen LogP contribution in [0.15, 0.2) is 0 Å². The Bertz CT molecular complexity index is 515. The molecule has 0 saturated carbocycles. The third-order valence-electron chi connectivity index (χ3n) is 9.06. The molecule has 0 rings (SSSR count). The minimum atomic E-state index is -0.403. The van der Waals surface area contributed by atoms with Gasteiger partial charge in [-0.15, -0.1) is 0 Å². The Balaban J connectivity index is -0.00000840. The Labute approximate surface area is 320 Å². The number of rotatable bonds is 37. The third-order valence-corrected chi connectivity index (χ3v) is 9.06. The topological polar surface area (TPSA) is 81.7 Å². The molecule has 0 fully saturated rings. The number of amides is 2. The van der Waals surface area contributed by atoms with Gasteiger partial charge in [-0.2, -0.15) is 0 Å². The van der Waals surface area contributed by atoms with Crippen molar-refractivity contribution in [1.29, 1.82) is 0 Å². The quantitative estimate of drug-likeness (QED) is 0.0509. The maximum atomic E-state index is 10.6. The maximum Gasteiger partial charge on any atom is 1.00 e.